The summed E-state index contributed by atoms with van der Waals surface area (Å²) in [4.78, 5) is 14.3. The third-order valence-corrected chi connectivity index (χ3v) is 5.22. The van der Waals surface area contributed by atoms with Crippen molar-refractivity contribution >= 4 is 11.7 Å². The Bertz CT molecular complexity index is 410. The molecule has 5 nitrogen and oxygen atoms in total. The van der Waals surface area contributed by atoms with E-state index in [0.717, 1.165) is 44.5 Å². The van der Waals surface area contributed by atoms with E-state index in [0.29, 0.717) is 18.4 Å². The molecule has 2 saturated carbocycles. The van der Waals surface area contributed by atoms with Crippen molar-refractivity contribution in [1.82, 2.24) is 4.90 Å². The number of oxime groups is 1. The van der Waals surface area contributed by atoms with Crippen molar-refractivity contribution in [3.05, 3.63) is 0 Å². The van der Waals surface area contributed by atoms with E-state index in [1.165, 1.54) is 6.42 Å². The molecule has 2 bridgehead atoms. The van der Waals surface area contributed by atoms with Crippen LogP contribution in [0.1, 0.15) is 39.0 Å². The average Bonchev–Trinajstić information content (AvgIpc) is 3.08. The summed E-state index contributed by atoms with van der Waals surface area (Å²) in [6, 6.07) is 0.260. The summed E-state index contributed by atoms with van der Waals surface area (Å²) in [6.07, 6.45) is 5.49. The van der Waals surface area contributed by atoms with E-state index in [4.69, 9.17) is 4.74 Å². The van der Waals surface area contributed by atoms with Gasteiger partial charge in [-0.1, -0.05) is 5.16 Å². The number of esters is 1. The number of piperidine rings is 1. The summed E-state index contributed by atoms with van der Waals surface area (Å²) in [6.45, 7) is 4.06. The van der Waals surface area contributed by atoms with Crippen LogP contribution < -0.4 is 0 Å². The summed E-state index contributed by atoms with van der Waals surface area (Å²) in [7, 11) is 0. The second-order valence-electron chi connectivity index (χ2n) is 6.33. The Hall–Kier alpha value is -1.10. The fourth-order valence-electron chi connectivity index (χ4n) is 4.39. The summed E-state index contributed by atoms with van der Waals surface area (Å²) >= 11 is 0. The molecule has 1 saturated heterocycles. The second kappa shape index (κ2) is 5.72. The molecule has 0 aromatic carbocycles. The van der Waals surface area contributed by atoms with Gasteiger partial charge >= 0.3 is 5.97 Å². The van der Waals surface area contributed by atoms with Crippen LogP contribution >= 0.6 is 0 Å². The summed E-state index contributed by atoms with van der Waals surface area (Å²) < 4.78 is 5.16. The van der Waals surface area contributed by atoms with Gasteiger partial charge in [0.25, 0.3) is 0 Å². The van der Waals surface area contributed by atoms with Crippen LogP contribution in [0.5, 0.6) is 0 Å². The molecule has 3 rings (SSSR count). The maximum absolute atomic E-state index is 11.9. The van der Waals surface area contributed by atoms with Gasteiger partial charge < -0.3 is 9.94 Å². The Labute approximate surface area is 120 Å². The van der Waals surface area contributed by atoms with E-state index >= 15 is 0 Å². The zero-order valence-corrected chi connectivity index (χ0v) is 12.1. The number of hydrogen-bond donors (Lipinski definition) is 1. The molecule has 1 aliphatic heterocycles. The monoisotopic (exact) mass is 280 g/mol. The number of likely N-dealkylation sites (tertiary alicyclic amines) is 1. The maximum atomic E-state index is 11.9. The molecule has 3 aliphatic rings. The molecule has 5 heteroatoms. The zero-order valence-electron chi connectivity index (χ0n) is 12.1. The summed E-state index contributed by atoms with van der Waals surface area (Å²) in [5.41, 5.74) is 0.964. The maximum Gasteiger partial charge on any atom is 0.310 e. The molecule has 0 aromatic heterocycles. The number of rotatable bonds is 3. The van der Waals surface area contributed by atoms with E-state index in [9.17, 15) is 10.0 Å². The fraction of sp³-hybridized carbons (Fsp3) is 0.867. The molecule has 20 heavy (non-hydrogen) atoms. The van der Waals surface area contributed by atoms with Gasteiger partial charge in [-0.3, -0.25) is 9.69 Å². The lowest BCUT2D eigenvalue weighted by Crippen LogP contribution is -2.50. The van der Waals surface area contributed by atoms with Gasteiger partial charge in [0.1, 0.15) is 0 Å². The van der Waals surface area contributed by atoms with Crippen molar-refractivity contribution in [2.45, 2.75) is 45.1 Å². The van der Waals surface area contributed by atoms with Crippen LogP contribution in [0.25, 0.3) is 0 Å². The predicted octanol–water partition coefficient (Wildman–Crippen LogP) is 1.89. The minimum Gasteiger partial charge on any atom is -0.466 e. The van der Waals surface area contributed by atoms with Crippen molar-refractivity contribution in [1.29, 1.82) is 0 Å². The standard InChI is InChI=1S/C15H24N2O3/c1-2-20-15(18)12-4-3-7-17(9-12)14-11-6-5-10(8-11)13(14)16-19/h10-12,14,19H,2-9H2,1H3/b16-13-/t10-,11-,12+,14-/m0/s1. The molecule has 0 unspecified atom stereocenters. The third-order valence-electron chi connectivity index (χ3n) is 5.22. The fourth-order valence-corrected chi connectivity index (χ4v) is 4.39. The third kappa shape index (κ3) is 2.32. The molecular formula is C15H24N2O3. The van der Waals surface area contributed by atoms with Crippen molar-refractivity contribution in [3.63, 3.8) is 0 Å². The molecule has 0 radical (unpaired) electrons. The topological polar surface area (TPSA) is 62.1 Å². The van der Waals surface area contributed by atoms with E-state index in [-0.39, 0.29) is 17.9 Å². The van der Waals surface area contributed by atoms with E-state index in [1.54, 1.807) is 0 Å². The first-order valence-corrected chi connectivity index (χ1v) is 7.87. The minimum absolute atomic E-state index is 0.0113. The quantitative estimate of drug-likeness (QED) is 0.487. The van der Waals surface area contributed by atoms with E-state index < -0.39 is 0 Å². The normalized spacial score (nSPS) is 39.4. The minimum atomic E-state index is -0.0668. The Kier molecular flexibility index (Phi) is 3.96. The highest BCUT2D eigenvalue weighted by atomic mass is 16.5. The van der Waals surface area contributed by atoms with Gasteiger partial charge in [0, 0.05) is 12.5 Å². The first-order valence-electron chi connectivity index (χ1n) is 7.87. The lowest BCUT2D eigenvalue weighted by Gasteiger charge is -2.39. The highest BCUT2D eigenvalue weighted by molar-refractivity contribution is 5.94. The van der Waals surface area contributed by atoms with Gasteiger partial charge in [0.15, 0.2) is 0 Å². The van der Waals surface area contributed by atoms with Crippen molar-refractivity contribution < 1.29 is 14.7 Å². The molecule has 112 valence electrons. The molecule has 0 spiro atoms. The van der Waals surface area contributed by atoms with Crippen LogP contribution in [0.3, 0.4) is 0 Å². The van der Waals surface area contributed by atoms with Crippen LogP contribution in [0.15, 0.2) is 5.16 Å². The largest absolute Gasteiger partial charge is 0.466 e. The highest BCUT2D eigenvalue weighted by Gasteiger charge is 2.49. The first kappa shape index (κ1) is 13.9. The first-order chi connectivity index (χ1) is 9.74. The Morgan fingerprint density at radius 1 is 1.45 bits per heavy atom. The summed E-state index contributed by atoms with van der Waals surface area (Å²) in [5, 5.41) is 12.9. The van der Waals surface area contributed by atoms with Crippen molar-refractivity contribution in [2.75, 3.05) is 19.7 Å². The predicted molar refractivity (Wildman–Crippen MR) is 74.8 cm³/mol. The van der Waals surface area contributed by atoms with Gasteiger partial charge in [-0.25, -0.2) is 0 Å². The molecule has 1 N–H and O–H groups in total. The average molecular weight is 280 g/mol. The Morgan fingerprint density at radius 2 is 2.30 bits per heavy atom. The lowest BCUT2D eigenvalue weighted by atomic mass is 9.88. The van der Waals surface area contributed by atoms with Crippen LogP contribution in [0.2, 0.25) is 0 Å². The van der Waals surface area contributed by atoms with Crippen LogP contribution in [-0.4, -0.2) is 47.5 Å². The van der Waals surface area contributed by atoms with Crippen LogP contribution in [-0.2, 0) is 9.53 Å². The van der Waals surface area contributed by atoms with Gasteiger partial charge in [0.05, 0.1) is 24.3 Å². The van der Waals surface area contributed by atoms with E-state index in [2.05, 4.69) is 10.1 Å². The number of nitrogens with zero attached hydrogens (tertiary/aromatic N) is 2. The Balaban J connectivity index is 1.69. The molecule has 0 aromatic rings. The molecule has 2 aliphatic carbocycles. The number of ether oxygens (including phenoxy) is 1. The number of fused-ring (bicyclic) bond motifs is 2. The van der Waals surface area contributed by atoms with Gasteiger partial charge in [0.2, 0.25) is 0 Å². The molecular weight excluding hydrogens is 256 g/mol. The number of carbonyl (C=O) groups excluding carboxylic acids is 1. The van der Waals surface area contributed by atoms with Crippen LogP contribution in [0, 0.1) is 17.8 Å². The Morgan fingerprint density at radius 3 is 3.05 bits per heavy atom. The van der Waals surface area contributed by atoms with Crippen molar-refractivity contribution in [2.24, 2.45) is 22.9 Å². The SMILES string of the molecule is CCOC(=O)[C@@H]1CCCN([C@@H]2/C(=N\O)[C@H]3CC[C@H]2C3)C1. The lowest BCUT2D eigenvalue weighted by molar-refractivity contribution is -0.150. The molecule has 1 heterocycles. The molecule has 4 atom stereocenters. The van der Waals surface area contributed by atoms with Gasteiger partial charge in [-0.05, 0) is 51.5 Å². The smallest absolute Gasteiger partial charge is 0.310 e. The van der Waals surface area contributed by atoms with Crippen LogP contribution in [0.4, 0.5) is 0 Å². The molecule has 0 amide bonds. The number of carbonyl (C=O) groups is 1. The van der Waals surface area contributed by atoms with Gasteiger partial charge in [-0.2, -0.15) is 0 Å². The van der Waals surface area contributed by atoms with E-state index in [1.807, 2.05) is 6.92 Å². The van der Waals surface area contributed by atoms with Gasteiger partial charge in [-0.15, -0.1) is 0 Å². The molecule has 3 fully saturated rings. The second-order valence-corrected chi connectivity index (χ2v) is 6.33. The summed E-state index contributed by atoms with van der Waals surface area (Å²) in [5.74, 6) is 1.01. The highest BCUT2D eigenvalue weighted by Crippen LogP contribution is 2.45. The van der Waals surface area contributed by atoms with Crippen molar-refractivity contribution in [3.8, 4) is 0 Å². The number of hydrogen-bond acceptors (Lipinski definition) is 5. The zero-order chi connectivity index (χ0) is 14.1.